The Morgan fingerprint density at radius 2 is 1.51 bits per heavy atom. The summed E-state index contributed by atoms with van der Waals surface area (Å²) in [5, 5.41) is 2.70. The smallest absolute Gasteiger partial charge is 0.256 e. The van der Waals surface area contributed by atoms with Gasteiger partial charge >= 0.3 is 0 Å². The van der Waals surface area contributed by atoms with Crippen molar-refractivity contribution >= 4 is 29.1 Å². The number of carbonyl (C=O) groups excluding carboxylic acids is 3. The number of nitrogens with zero attached hydrogens (tertiary/aromatic N) is 3. The highest BCUT2D eigenvalue weighted by molar-refractivity contribution is 6.00. The summed E-state index contributed by atoms with van der Waals surface area (Å²) in [5.41, 5.74) is 0.359. The third-order valence-electron chi connectivity index (χ3n) is 7.03. The van der Waals surface area contributed by atoms with Crippen LogP contribution in [-0.2, 0) is 9.59 Å². The van der Waals surface area contributed by atoms with E-state index in [4.69, 9.17) is 0 Å². The van der Waals surface area contributed by atoms with E-state index in [1.165, 1.54) is 47.4 Å². The number of para-hydroxylation sites is 1. The van der Waals surface area contributed by atoms with Crippen molar-refractivity contribution in [2.45, 2.75) is 18.4 Å². The predicted molar refractivity (Wildman–Crippen MR) is 135 cm³/mol. The Bertz CT molecular complexity index is 1310. The van der Waals surface area contributed by atoms with Crippen LogP contribution < -0.4 is 10.2 Å². The first kappa shape index (κ1) is 24.4. The van der Waals surface area contributed by atoms with E-state index in [0.29, 0.717) is 18.5 Å². The molecule has 3 aromatic rings. The Kier molecular flexibility index (Phi) is 6.60. The molecule has 3 amide bonds. The Hall–Kier alpha value is -4.27. The molecule has 0 saturated carbocycles. The number of carbonyl (C=O) groups is 3. The van der Waals surface area contributed by atoms with Gasteiger partial charge in [0.15, 0.2) is 0 Å². The van der Waals surface area contributed by atoms with Gasteiger partial charge < -0.3 is 20.0 Å². The fourth-order valence-electron chi connectivity index (χ4n) is 5.11. The number of benzene rings is 3. The highest BCUT2D eigenvalue weighted by Crippen LogP contribution is 2.39. The van der Waals surface area contributed by atoms with Crippen molar-refractivity contribution in [1.82, 2.24) is 9.80 Å². The molecule has 0 bridgehead atoms. The maximum atomic E-state index is 14.2. The first-order valence-corrected chi connectivity index (χ1v) is 12.1. The molecular weight excluding hydrogens is 478 g/mol. The molecule has 0 aromatic heterocycles. The number of amides is 3. The lowest BCUT2D eigenvalue weighted by Gasteiger charge is -2.43. The number of nitrogens with one attached hydrogen (secondary N) is 1. The van der Waals surface area contributed by atoms with Crippen molar-refractivity contribution in [2.75, 3.05) is 36.5 Å². The predicted octanol–water partition coefficient (Wildman–Crippen LogP) is 3.88. The third-order valence-corrected chi connectivity index (χ3v) is 7.03. The SMILES string of the molecule is O=C(CN1CN(c2ccccc2)C2(CCN(C(=O)c3ccccc3F)CC2)C1=O)Nc1ccc(F)cc1. The maximum Gasteiger partial charge on any atom is 0.256 e. The lowest BCUT2D eigenvalue weighted by atomic mass is 9.85. The Labute approximate surface area is 213 Å². The van der Waals surface area contributed by atoms with Gasteiger partial charge in [0.1, 0.15) is 23.7 Å². The molecule has 1 N–H and O–H groups in total. The van der Waals surface area contributed by atoms with Crippen LogP contribution >= 0.6 is 0 Å². The number of halogens is 2. The lowest BCUT2D eigenvalue weighted by molar-refractivity contribution is -0.136. The van der Waals surface area contributed by atoms with Crippen molar-refractivity contribution in [2.24, 2.45) is 0 Å². The van der Waals surface area contributed by atoms with Crippen molar-refractivity contribution in [1.29, 1.82) is 0 Å². The molecule has 2 aliphatic heterocycles. The summed E-state index contributed by atoms with van der Waals surface area (Å²) in [6.07, 6.45) is 0.688. The molecule has 2 aliphatic rings. The Morgan fingerprint density at radius 1 is 0.865 bits per heavy atom. The second kappa shape index (κ2) is 10.0. The van der Waals surface area contributed by atoms with Gasteiger partial charge in [-0.15, -0.1) is 0 Å². The molecule has 2 heterocycles. The van der Waals surface area contributed by atoms with Crippen LogP contribution in [0.4, 0.5) is 20.2 Å². The lowest BCUT2D eigenvalue weighted by Crippen LogP contribution is -2.57. The average Bonchev–Trinajstić information content (AvgIpc) is 3.17. The van der Waals surface area contributed by atoms with Crippen molar-refractivity contribution in [3.63, 3.8) is 0 Å². The molecule has 5 rings (SSSR count). The summed E-state index contributed by atoms with van der Waals surface area (Å²) in [6.45, 7) is 0.593. The van der Waals surface area contributed by atoms with Crippen LogP contribution in [0.1, 0.15) is 23.2 Å². The first-order chi connectivity index (χ1) is 17.9. The van der Waals surface area contributed by atoms with Gasteiger partial charge in [-0.25, -0.2) is 8.78 Å². The summed E-state index contributed by atoms with van der Waals surface area (Å²) in [4.78, 5) is 44.6. The fourth-order valence-corrected chi connectivity index (χ4v) is 5.11. The van der Waals surface area contributed by atoms with Gasteiger partial charge in [-0.1, -0.05) is 30.3 Å². The summed E-state index contributed by atoms with van der Waals surface area (Å²) in [6, 6.07) is 20.8. The van der Waals surface area contributed by atoms with Crippen LogP contribution in [0.2, 0.25) is 0 Å². The normalized spacial score (nSPS) is 16.8. The number of rotatable bonds is 5. The zero-order valence-electron chi connectivity index (χ0n) is 20.1. The largest absolute Gasteiger partial charge is 0.339 e. The number of likely N-dealkylation sites (tertiary alicyclic amines) is 1. The minimum absolute atomic E-state index is 0.00945. The summed E-state index contributed by atoms with van der Waals surface area (Å²) >= 11 is 0. The van der Waals surface area contributed by atoms with Crippen LogP contribution in [-0.4, -0.2) is 59.4 Å². The number of hydrogen-bond donors (Lipinski definition) is 1. The van der Waals surface area contributed by atoms with Crippen molar-refractivity contribution < 1.29 is 23.2 Å². The van der Waals surface area contributed by atoms with E-state index in [2.05, 4.69) is 5.32 Å². The van der Waals surface area contributed by atoms with Crippen LogP contribution in [0, 0.1) is 11.6 Å². The molecule has 0 radical (unpaired) electrons. The minimum atomic E-state index is -0.927. The zero-order chi connectivity index (χ0) is 26.0. The van der Waals surface area contributed by atoms with Gasteiger partial charge in [0.25, 0.3) is 11.8 Å². The van der Waals surface area contributed by atoms with E-state index in [9.17, 15) is 23.2 Å². The second-order valence-electron chi connectivity index (χ2n) is 9.27. The molecule has 37 heavy (non-hydrogen) atoms. The maximum absolute atomic E-state index is 14.2. The van der Waals surface area contributed by atoms with Crippen LogP contribution in [0.3, 0.4) is 0 Å². The molecule has 190 valence electrons. The summed E-state index contributed by atoms with van der Waals surface area (Å²) in [7, 11) is 0. The molecule has 2 fully saturated rings. The molecule has 1 spiro atoms. The van der Waals surface area contributed by atoms with Crippen LogP contribution in [0.15, 0.2) is 78.9 Å². The molecule has 0 atom stereocenters. The topological polar surface area (TPSA) is 73.0 Å². The molecule has 2 saturated heterocycles. The van der Waals surface area contributed by atoms with Gasteiger partial charge in [-0.05, 0) is 61.4 Å². The fraction of sp³-hybridized carbons (Fsp3) is 0.250. The van der Waals surface area contributed by atoms with E-state index >= 15 is 0 Å². The van der Waals surface area contributed by atoms with Crippen LogP contribution in [0.25, 0.3) is 0 Å². The number of anilines is 2. The van der Waals surface area contributed by atoms with E-state index in [1.807, 2.05) is 35.2 Å². The number of hydrogen-bond acceptors (Lipinski definition) is 4. The Morgan fingerprint density at radius 3 is 2.19 bits per heavy atom. The average molecular weight is 505 g/mol. The molecule has 3 aromatic carbocycles. The third kappa shape index (κ3) is 4.76. The second-order valence-corrected chi connectivity index (χ2v) is 9.27. The number of piperidine rings is 1. The molecular formula is C28H26F2N4O3. The van der Waals surface area contributed by atoms with E-state index in [1.54, 1.807) is 11.0 Å². The van der Waals surface area contributed by atoms with E-state index in [-0.39, 0.29) is 37.8 Å². The van der Waals surface area contributed by atoms with Crippen LogP contribution in [0.5, 0.6) is 0 Å². The molecule has 9 heteroatoms. The standard InChI is InChI=1S/C28H26F2N4O3/c29-20-10-12-21(13-11-20)31-25(35)18-33-19-34(22-6-2-1-3-7-22)28(27(33)37)14-16-32(17-15-28)26(36)23-8-4-5-9-24(23)30/h1-13H,14-19H2,(H,31,35). The van der Waals surface area contributed by atoms with Gasteiger partial charge in [0, 0.05) is 24.5 Å². The highest BCUT2D eigenvalue weighted by Gasteiger charge is 2.54. The van der Waals surface area contributed by atoms with Crippen molar-refractivity contribution in [3.8, 4) is 0 Å². The van der Waals surface area contributed by atoms with E-state index < -0.39 is 29.0 Å². The van der Waals surface area contributed by atoms with Gasteiger partial charge in [-0.2, -0.15) is 0 Å². The zero-order valence-corrected chi connectivity index (χ0v) is 20.1. The quantitative estimate of drug-likeness (QED) is 0.573. The van der Waals surface area contributed by atoms with Gasteiger partial charge in [0.05, 0.1) is 12.2 Å². The van der Waals surface area contributed by atoms with Gasteiger partial charge in [-0.3, -0.25) is 14.4 Å². The minimum Gasteiger partial charge on any atom is -0.339 e. The van der Waals surface area contributed by atoms with Crippen molar-refractivity contribution in [3.05, 3.63) is 96.1 Å². The monoisotopic (exact) mass is 504 g/mol. The summed E-state index contributed by atoms with van der Waals surface area (Å²) in [5.74, 6) is -1.97. The molecule has 0 unspecified atom stereocenters. The van der Waals surface area contributed by atoms with Gasteiger partial charge in [0.2, 0.25) is 5.91 Å². The molecule has 7 nitrogen and oxygen atoms in total. The van der Waals surface area contributed by atoms with E-state index in [0.717, 1.165) is 5.69 Å². The summed E-state index contributed by atoms with van der Waals surface area (Å²) < 4.78 is 27.4. The highest BCUT2D eigenvalue weighted by atomic mass is 19.1. The first-order valence-electron chi connectivity index (χ1n) is 12.1. The Balaban J connectivity index is 1.34. The molecule has 0 aliphatic carbocycles.